The number of piperidine rings is 1. The molecule has 2 heterocycles. The van der Waals surface area contributed by atoms with Crippen LogP contribution in [0.2, 0.25) is 0 Å². The summed E-state index contributed by atoms with van der Waals surface area (Å²) in [4.78, 5) is 2.34. The van der Waals surface area contributed by atoms with Crippen molar-refractivity contribution in [3.63, 3.8) is 0 Å². The fourth-order valence-corrected chi connectivity index (χ4v) is 3.47. The summed E-state index contributed by atoms with van der Waals surface area (Å²) in [7, 11) is 2.15. The highest BCUT2D eigenvalue weighted by atomic mass is 19.1. The maximum Gasteiger partial charge on any atom is 0.127 e. The van der Waals surface area contributed by atoms with Gasteiger partial charge >= 0.3 is 0 Å². The Morgan fingerprint density at radius 1 is 1.38 bits per heavy atom. The first-order valence-electron chi connectivity index (χ1n) is 8.02. The Labute approximate surface area is 126 Å². The number of hydrogen-bond donors (Lipinski definition) is 1. The molecule has 4 heteroatoms. The minimum absolute atomic E-state index is 0.126. The van der Waals surface area contributed by atoms with E-state index in [-0.39, 0.29) is 17.5 Å². The van der Waals surface area contributed by atoms with Crippen molar-refractivity contribution >= 4 is 0 Å². The van der Waals surface area contributed by atoms with Gasteiger partial charge in [0.25, 0.3) is 0 Å². The highest BCUT2D eigenvalue weighted by Crippen LogP contribution is 2.44. The first-order valence-corrected chi connectivity index (χ1v) is 8.02. The number of halogens is 1. The van der Waals surface area contributed by atoms with Crippen LogP contribution in [0.5, 0.6) is 5.75 Å². The maximum atomic E-state index is 13.6. The van der Waals surface area contributed by atoms with Crippen molar-refractivity contribution in [1.82, 2.24) is 10.2 Å². The largest absolute Gasteiger partial charge is 0.487 e. The lowest BCUT2D eigenvalue weighted by Crippen LogP contribution is -2.51. The summed E-state index contributed by atoms with van der Waals surface area (Å²) < 4.78 is 19.9. The molecule has 1 unspecified atom stereocenters. The molecule has 3 nitrogen and oxygen atoms in total. The van der Waals surface area contributed by atoms with Crippen LogP contribution < -0.4 is 10.1 Å². The molecule has 1 atom stereocenters. The summed E-state index contributed by atoms with van der Waals surface area (Å²) in [5, 5.41) is 3.61. The number of nitrogens with one attached hydrogen (secondary N) is 1. The molecule has 0 bridgehead atoms. The summed E-state index contributed by atoms with van der Waals surface area (Å²) in [6.07, 6.45) is 4.12. The smallest absolute Gasteiger partial charge is 0.127 e. The molecule has 0 radical (unpaired) electrons. The third kappa shape index (κ3) is 3.06. The van der Waals surface area contributed by atoms with E-state index in [2.05, 4.69) is 24.2 Å². The first-order chi connectivity index (χ1) is 10.1. The molecule has 0 amide bonds. The second-order valence-corrected chi connectivity index (χ2v) is 6.48. The number of ether oxygens (including phenoxy) is 1. The highest BCUT2D eigenvalue weighted by Gasteiger charge is 2.42. The lowest BCUT2D eigenvalue weighted by molar-refractivity contribution is -0.0204. The second-order valence-electron chi connectivity index (χ2n) is 6.48. The SMILES string of the molecule is CCCNC1CC2(CCN(C)CC2)Oc2cc(F)ccc21. The molecule has 1 N–H and O–H groups in total. The summed E-state index contributed by atoms with van der Waals surface area (Å²) in [5.41, 5.74) is 0.980. The van der Waals surface area contributed by atoms with Gasteiger partial charge < -0.3 is 15.0 Å². The van der Waals surface area contributed by atoms with Gasteiger partial charge in [0.2, 0.25) is 0 Å². The van der Waals surface area contributed by atoms with Crippen LogP contribution in [-0.4, -0.2) is 37.2 Å². The van der Waals surface area contributed by atoms with Gasteiger partial charge in [0.15, 0.2) is 0 Å². The monoisotopic (exact) mass is 292 g/mol. The van der Waals surface area contributed by atoms with Gasteiger partial charge in [-0.1, -0.05) is 13.0 Å². The van der Waals surface area contributed by atoms with Crippen LogP contribution in [0.1, 0.15) is 44.2 Å². The van der Waals surface area contributed by atoms with Crippen molar-refractivity contribution < 1.29 is 9.13 Å². The molecule has 3 rings (SSSR count). The fraction of sp³-hybridized carbons (Fsp3) is 0.647. The van der Waals surface area contributed by atoms with Crippen molar-refractivity contribution in [2.75, 3.05) is 26.7 Å². The van der Waals surface area contributed by atoms with E-state index >= 15 is 0 Å². The van der Waals surface area contributed by atoms with Crippen LogP contribution in [0.15, 0.2) is 18.2 Å². The second kappa shape index (κ2) is 5.93. The summed E-state index contributed by atoms with van der Waals surface area (Å²) in [6.45, 7) is 5.25. The Bertz CT molecular complexity index is 498. The molecule has 116 valence electrons. The Morgan fingerprint density at radius 3 is 2.86 bits per heavy atom. The molecule has 2 aliphatic rings. The molecule has 2 aliphatic heterocycles. The van der Waals surface area contributed by atoms with Crippen LogP contribution in [0, 0.1) is 5.82 Å². The third-order valence-electron chi connectivity index (χ3n) is 4.79. The van der Waals surface area contributed by atoms with Crippen LogP contribution in [0.3, 0.4) is 0 Å². The van der Waals surface area contributed by atoms with E-state index in [1.54, 1.807) is 6.07 Å². The van der Waals surface area contributed by atoms with E-state index in [1.807, 2.05) is 6.07 Å². The van der Waals surface area contributed by atoms with Crippen molar-refractivity contribution in [3.05, 3.63) is 29.6 Å². The molecule has 1 fully saturated rings. The number of fused-ring (bicyclic) bond motifs is 1. The molecular weight excluding hydrogens is 267 g/mol. The Morgan fingerprint density at radius 2 is 2.14 bits per heavy atom. The minimum Gasteiger partial charge on any atom is -0.487 e. The lowest BCUT2D eigenvalue weighted by atomic mass is 9.80. The van der Waals surface area contributed by atoms with Gasteiger partial charge in [0, 0.05) is 37.2 Å². The van der Waals surface area contributed by atoms with Crippen molar-refractivity contribution in [2.24, 2.45) is 0 Å². The van der Waals surface area contributed by atoms with Gasteiger partial charge in [0.05, 0.1) is 0 Å². The maximum absolute atomic E-state index is 13.6. The van der Waals surface area contributed by atoms with E-state index in [4.69, 9.17) is 4.74 Å². The van der Waals surface area contributed by atoms with Crippen molar-refractivity contribution in [2.45, 2.75) is 44.2 Å². The zero-order chi connectivity index (χ0) is 14.9. The third-order valence-corrected chi connectivity index (χ3v) is 4.79. The van der Waals surface area contributed by atoms with Crippen molar-refractivity contribution in [3.8, 4) is 5.75 Å². The fourth-order valence-electron chi connectivity index (χ4n) is 3.47. The van der Waals surface area contributed by atoms with Gasteiger partial charge in [-0.3, -0.25) is 0 Å². The number of hydrogen-bond acceptors (Lipinski definition) is 3. The molecule has 1 aromatic carbocycles. The van der Waals surface area contributed by atoms with Crippen molar-refractivity contribution in [1.29, 1.82) is 0 Å². The summed E-state index contributed by atoms with van der Waals surface area (Å²) >= 11 is 0. The van der Waals surface area contributed by atoms with E-state index in [1.165, 1.54) is 6.07 Å². The Hall–Kier alpha value is -1.13. The molecular formula is C17H25FN2O. The summed E-state index contributed by atoms with van der Waals surface area (Å²) in [5.74, 6) is 0.521. The zero-order valence-corrected chi connectivity index (χ0v) is 13.0. The van der Waals surface area contributed by atoms with Gasteiger partial charge in [0.1, 0.15) is 17.2 Å². The first kappa shape index (κ1) is 14.8. The topological polar surface area (TPSA) is 24.5 Å². The van der Waals surface area contributed by atoms with Crippen LogP contribution in [0.4, 0.5) is 4.39 Å². The normalized spacial score (nSPS) is 24.6. The van der Waals surface area contributed by atoms with Gasteiger partial charge in [-0.2, -0.15) is 0 Å². The van der Waals surface area contributed by atoms with Gasteiger partial charge in [-0.05, 0) is 38.9 Å². The number of likely N-dealkylation sites (tertiary alicyclic amines) is 1. The van der Waals surface area contributed by atoms with Crippen LogP contribution >= 0.6 is 0 Å². The Kier molecular flexibility index (Phi) is 4.18. The van der Waals surface area contributed by atoms with E-state index < -0.39 is 0 Å². The minimum atomic E-state index is -0.215. The predicted molar refractivity (Wildman–Crippen MR) is 82.1 cm³/mol. The lowest BCUT2D eigenvalue weighted by Gasteiger charge is -2.46. The quantitative estimate of drug-likeness (QED) is 0.926. The highest BCUT2D eigenvalue weighted by molar-refractivity contribution is 5.39. The molecule has 1 spiro atoms. The molecule has 1 aromatic rings. The van der Waals surface area contributed by atoms with E-state index in [9.17, 15) is 4.39 Å². The number of benzene rings is 1. The number of nitrogens with zero attached hydrogens (tertiary/aromatic N) is 1. The molecule has 0 saturated carbocycles. The standard InChI is InChI=1S/C17H25FN2O/c1-3-8-19-15-12-17(6-9-20(2)10-7-17)21-16-11-13(18)4-5-14(15)16/h4-5,11,15,19H,3,6-10,12H2,1-2H3. The zero-order valence-electron chi connectivity index (χ0n) is 13.0. The summed E-state index contributed by atoms with van der Waals surface area (Å²) in [6, 6.07) is 5.24. The molecule has 21 heavy (non-hydrogen) atoms. The Balaban J connectivity index is 1.87. The number of rotatable bonds is 3. The average Bonchev–Trinajstić information content (AvgIpc) is 2.47. The van der Waals surface area contributed by atoms with Gasteiger partial charge in [-0.15, -0.1) is 0 Å². The predicted octanol–water partition coefficient (Wildman–Crippen LogP) is 3.11. The van der Waals surface area contributed by atoms with Crippen LogP contribution in [0.25, 0.3) is 0 Å². The molecule has 0 aliphatic carbocycles. The van der Waals surface area contributed by atoms with E-state index in [0.29, 0.717) is 0 Å². The molecule has 0 aromatic heterocycles. The average molecular weight is 292 g/mol. The molecule has 1 saturated heterocycles. The van der Waals surface area contributed by atoms with Crippen LogP contribution in [-0.2, 0) is 0 Å². The van der Waals surface area contributed by atoms with Gasteiger partial charge in [-0.25, -0.2) is 4.39 Å². The van der Waals surface area contributed by atoms with E-state index in [0.717, 1.165) is 56.6 Å².